The average Bonchev–Trinajstić information content (AvgIpc) is 1.86. The molecule has 0 bridgehead atoms. The van der Waals surface area contributed by atoms with Crippen molar-refractivity contribution in [2.45, 2.75) is 26.2 Å². The fourth-order valence-electron chi connectivity index (χ4n) is 0.742. The fraction of sp³-hybridized carbons (Fsp3) is 0.625. The lowest BCUT2D eigenvalue weighted by Gasteiger charge is -2.09. The van der Waals surface area contributed by atoms with Gasteiger partial charge in [0.15, 0.2) is 0 Å². The molecule has 0 aromatic carbocycles. The third kappa shape index (κ3) is 1.97. The molecule has 0 unspecified atom stereocenters. The van der Waals surface area contributed by atoms with Gasteiger partial charge in [0.05, 0.1) is 12.5 Å². The van der Waals surface area contributed by atoms with Crippen LogP contribution in [-0.4, -0.2) is 9.97 Å². The molecule has 0 saturated heterocycles. The van der Waals surface area contributed by atoms with Crippen LogP contribution >= 0.6 is 0 Å². The summed E-state index contributed by atoms with van der Waals surface area (Å²) in [6.45, 7) is 6.30. The van der Waals surface area contributed by atoms with Gasteiger partial charge in [0.2, 0.25) is 12.7 Å². The molecular weight excluding hydrogens is 138 g/mol. The van der Waals surface area contributed by atoms with Crippen LogP contribution in [0.25, 0.3) is 0 Å². The Hall–Kier alpha value is -0.990. The van der Waals surface area contributed by atoms with Crippen LogP contribution in [0.15, 0.2) is 12.7 Å². The first-order chi connectivity index (χ1) is 5.00. The lowest BCUT2D eigenvalue weighted by Crippen LogP contribution is -2.31. The molecule has 1 aromatic heterocycles. The molecule has 60 valence electrons. The monoisotopic (exact) mass is 152 g/mol. The third-order valence-electron chi connectivity index (χ3n) is 1.40. The number of aromatic nitrogens is 3. The fourth-order valence-corrected chi connectivity index (χ4v) is 0.742. The Balaban J connectivity index is 2.99. The largest absolute Gasteiger partial charge is 0.281 e. The Labute approximate surface area is 67.1 Å². The summed E-state index contributed by atoms with van der Waals surface area (Å²) < 4.78 is 1.83. The minimum absolute atomic E-state index is 0.0499. The van der Waals surface area contributed by atoms with Crippen LogP contribution in [0.1, 0.15) is 26.6 Å². The molecule has 1 heterocycles. The van der Waals surface area contributed by atoms with Crippen molar-refractivity contribution in [2.75, 3.05) is 0 Å². The molecular formula is C8H14N3+. The summed E-state index contributed by atoms with van der Waals surface area (Å²) in [6, 6.07) is 0. The molecule has 0 fully saturated rings. The molecule has 0 radical (unpaired) electrons. The van der Waals surface area contributed by atoms with Crippen LogP contribution < -0.4 is 4.57 Å². The standard InChI is InChI=1S/C8H14N3/c1-8(2,3)7-9-5-11(4)6-10-7/h5-6H,1-4H3/q+1. The molecule has 0 atom stereocenters. The lowest BCUT2D eigenvalue weighted by atomic mass is 9.96. The lowest BCUT2D eigenvalue weighted by molar-refractivity contribution is -0.677. The van der Waals surface area contributed by atoms with Gasteiger partial charge in [-0.2, -0.15) is 0 Å². The zero-order chi connectivity index (χ0) is 8.48. The van der Waals surface area contributed by atoms with E-state index in [-0.39, 0.29) is 5.41 Å². The second kappa shape index (κ2) is 2.57. The molecule has 0 aliphatic carbocycles. The highest BCUT2D eigenvalue weighted by atomic mass is 15.1. The van der Waals surface area contributed by atoms with Gasteiger partial charge < -0.3 is 0 Å². The number of rotatable bonds is 0. The highest BCUT2D eigenvalue weighted by Crippen LogP contribution is 2.15. The number of aryl methyl sites for hydroxylation is 1. The average molecular weight is 152 g/mol. The second-order valence-electron chi connectivity index (χ2n) is 3.73. The van der Waals surface area contributed by atoms with Crippen molar-refractivity contribution < 1.29 is 4.57 Å². The van der Waals surface area contributed by atoms with Crippen molar-refractivity contribution in [1.82, 2.24) is 9.97 Å². The van der Waals surface area contributed by atoms with E-state index in [2.05, 4.69) is 30.7 Å². The number of hydrogen-bond donors (Lipinski definition) is 0. The first-order valence-corrected chi connectivity index (χ1v) is 3.68. The molecule has 1 rings (SSSR count). The maximum absolute atomic E-state index is 4.20. The quantitative estimate of drug-likeness (QED) is 0.509. The van der Waals surface area contributed by atoms with E-state index in [1.54, 1.807) is 12.7 Å². The van der Waals surface area contributed by atoms with Crippen molar-refractivity contribution in [1.29, 1.82) is 0 Å². The van der Waals surface area contributed by atoms with E-state index >= 15 is 0 Å². The Bertz CT molecular complexity index is 233. The van der Waals surface area contributed by atoms with Gasteiger partial charge in [-0.3, -0.25) is 0 Å². The first-order valence-electron chi connectivity index (χ1n) is 3.68. The van der Waals surface area contributed by atoms with Gasteiger partial charge in [0, 0.05) is 0 Å². The van der Waals surface area contributed by atoms with Crippen molar-refractivity contribution in [3.05, 3.63) is 18.5 Å². The zero-order valence-electron chi connectivity index (χ0n) is 7.50. The molecule has 3 nitrogen and oxygen atoms in total. The SMILES string of the molecule is C[n+]1cnc(C(C)(C)C)nc1. The Morgan fingerprint density at radius 3 is 2.00 bits per heavy atom. The molecule has 0 spiro atoms. The van der Waals surface area contributed by atoms with Crippen LogP contribution in [0.5, 0.6) is 0 Å². The predicted octanol–water partition coefficient (Wildman–Crippen LogP) is 0.599. The smallest absolute Gasteiger partial charge is 0.242 e. The topological polar surface area (TPSA) is 29.7 Å². The minimum Gasteiger partial charge on any atom is -0.242 e. The van der Waals surface area contributed by atoms with Gasteiger partial charge in [0.1, 0.15) is 0 Å². The Morgan fingerprint density at radius 2 is 1.64 bits per heavy atom. The maximum Gasteiger partial charge on any atom is 0.281 e. The molecule has 3 heteroatoms. The van der Waals surface area contributed by atoms with Crippen LogP contribution in [-0.2, 0) is 12.5 Å². The van der Waals surface area contributed by atoms with Crippen LogP contribution in [0.3, 0.4) is 0 Å². The predicted molar refractivity (Wildman–Crippen MR) is 41.9 cm³/mol. The summed E-state index contributed by atoms with van der Waals surface area (Å²) in [5.41, 5.74) is 0.0499. The van der Waals surface area contributed by atoms with E-state index in [1.807, 2.05) is 11.6 Å². The number of hydrogen-bond acceptors (Lipinski definition) is 2. The Morgan fingerprint density at radius 1 is 1.18 bits per heavy atom. The highest BCUT2D eigenvalue weighted by molar-refractivity contribution is 4.96. The summed E-state index contributed by atoms with van der Waals surface area (Å²) in [5, 5.41) is 0. The van der Waals surface area contributed by atoms with E-state index in [1.165, 1.54) is 0 Å². The van der Waals surface area contributed by atoms with Crippen molar-refractivity contribution >= 4 is 0 Å². The summed E-state index contributed by atoms with van der Waals surface area (Å²) in [7, 11) is 1.91. The van der Waals surface area contributed by atoms with E-state index in [9.17, 15) is 0 Å². The molecule has 11 heavy (non-hydrogen) atoms. The second-order valence-corrected chi connectivity index (χ2v) is 3.73. The summed E-state index contributed by atoms with van der Waals surface area (Å²) in [5.74, 6) is 0.885. The van der Waals surface area contributed by atoms with E-state index < -0.39 is 0 Å². The Kier molecular flexibility index (Phi) is 1.89. The van der Waals surface area contributed by atoms with E-state index in [4.69, 9.17) is 0 Å². The summed E-state index contributed by atoms with van der Waals surface area (Å²) in [6.07, 6.45) is 3.54. The zero-order valence-corrected chi connectivity index (χ0v) is 7.50. The van der Waals surface area contributed by atoms with Crippen LogP contribution in [0.2, 0.25) is 0 Å². The molecule has 0 N–H and O–H groups in total. The molecule has 1 aromatic rings. The molecule has 0 saturated carbocycles. The third-order valence-corrected chi connectivity index (χ3v) is 1.40. The van der Waals surface area contributed by atoms with Crippen molar-refractivity contribution in [2.24, 2.45) is 7.05 Å². The summed E-state index contributed by atoms with van der Waals surface area (Å²) in [4.78, 5) is 8.40. The van der Waals surface area contributed by atoms with Crippen molar-refractivity contribution in [3.63, 3.8) is 0 Å². The van der Waals surface area contributed by atoms with Gasteiger partial charge in [0.25, 0.3) is 5.82 Å². The highest BCUT2D eigenvalue weighted by Gasteiger charge is 2.22. The van der Waals surface area contributed by atoms with Crippen LogP contribution in [0, 0.1) is 0 Å². The molecule has 0 aliphatic rings. The van der Waals surface area contributed by atoms with Gasteiger partial charge in [-0.25, -0.2) is 4.57 Å². The van der Waals surface area contributed by atoms with E-state index in [0.717, 1.165) is 5.82 Å². The van der Waals surface area contributed by atoms with Crippen LogP contribution in [0.4, 0.5) is 0 Å². The van der Waals surface area contributed by atoms with E-state index in [0.29, 0.717) is 0 Å². The minimum atomic E-state index is 0.0499. The van der Waals surface area contributed by atoms with Gasteiger partial charge in [-0.15, -0.1) is 0 Å². The van der Waals surface area contributed by atoms with Gasteiger partial charge >= 0.3 is 0 Å². The van der Waals surface area contributed by atoms with Gasteiger partial charge in [-0.1, -0.05) is 9.97 Å². The normalized spacial score (nSPS) is 11.6. The molecule has 0 amide bonds. The van der Waals surface area contributed by atoms with Crippen molar-refractivity contribution in [3.8, 4) is 0 Å². The maximum atomic E-state index is 4.20. The van der Waals surface area contributed by atoms with Gasteiger partial charge in [-0.05, 0) is 20.8 Å². The summed E-state index contributed by atoms with van der Waals surface area (Å²) >= 11 is 0. The molecule has 0 aliphatic heterocycles. The number of nitrogens with zero attached hydrogens (tertiary/aromatic N) is 3. The first kappa shape index (κ1) is 8.11.